The Morgan fingerprint density at radius 3 is 2.29 bits per heavy atom. The van der Waals surface area contributed by atoms with E-state index in [9.17, 15) is 9.59 Å². The molecule has 1 aromatic carbocycles. The average molecular weight is 330 g/mol. The molecule has 1 atom stereocenters. The van der Waals surface area contributed by atoms with E-state index in [-0.39, 0.29) is 11.2 Å². The summed E-state index contributed by atoms with van der Waals surface area (Å²) < 4.78 is 10.5. The molecule has 2 rings (SSSR count). The Morgan fingerprint density at radius 2 is 1.75 bits per heavy atom. The van der Waals surface area contributed by atoms with E-state index in [1.165, 1.54) is 17.9 Å². The van der Waals surface area contributed by atoms with Crippen molar-refractivity contribution in [1.82, 2.24) is 10.9 Å². The third-order valence-corrected chi connectivity index (χ3v) is 3.45. The number of hydrazine groups is 1. The zero-order valence-electron chi connectivity index (χ0n) is 14.3. The molecule has 2 amide bonds. The molecule has 0 aliphatic carbocycles. The summed E-state index contributed by atoms with van der Waals surface area (Å²) in [6, 6.07) is 10.7. The van der Waals surface area contributed by atoms with Gasteiger partial charge in [-0.25, -0.2) is 0 Å². The monoisotopic (exact) mass is 330 g/mol. The average Bonchev–Trinajstić information content (AvgIpc) is 3.06. The van der Waals surface area contributed by atoms with Gasteiger partial charge in [0.1, 0.15) is 5.75 Å². The molecule has 24 heavy (non-hydrogen) atoms. The highest BCUT2D eigenvalue weighted by Crippen LogP contribution is 2.24. The van der Waals surface area contributed by atoms with Crippen molar-refractivity contribution in [3.05, 3.63) is 54.0 Å². The lowest BCUT2D eigenvalue weighted by molar-refractivity contribution is -0.128. The molecule has 0 saturated heterocycles. The van der Waals surface area contributed by atoms with Crippen LogP contribution in [-0.2, 0) is 10.2 Å². The third-order valence-electron chi connectivity index (χ3n) is 3.45. The van der Waals surface area contributed by atoms with Crippen LogP contribution >= 0.6 is 0 Å². The van der Waals surface area contributed by atoms with Gasteiger partial charge in [-0.15, -0.1) is 0 Å². The van der Waals surface area contributed by atoms with Crippen LogP contribution in [0.1, 0.15) is 43.8 Å². The molecule has 0 aliphatic heterocycles. The van der Waals surface area contributed by atoms with E-state index in [0.717, 1.165) is 0 Å². The molecule has 1 unspecified atom stereocenters. The second-order valence-electron chi connectivity index (χ2n) is 6.46. The number of rotatable bonds is 4. The molecule has 1 heterocycles. The van der Waals surface area contributed by atoms with Crippen LogP contribution in [0.15, 0.2) is 47.1 Å². The Kier molecular flexibility index (Phi) is 5.28. The lowest BCUT2D eigenvalue weighted by Gasteiger charge is -2.20. The second-order valence-corrected chi connectivity index (χ2v) is 6.46. The summed E-state index contributed by atoms with van der Waals surface area (Å²) in [4.78, 5) is 23.6. The maximum Gasteiger partial charge on any atom is 0.305 e. The van der Waals surface area contributed by atoms with Gasteiger partial charge in [-0.1, -0.05) is 32.9 Å². The number of hydrogen-bond acceptors (Lipinski definition) is 4. The number of carbonyl (C=O) groups excluding carboxylic acids is 2. The summed E-state index contributed by atoms with van der Waals surface area (Å²) in [7, 11) is 0. The highest BCUT2D eigenvalue weighted by atomic mass is 16.5. The standard InChI is InChI=1S/C18H22N2O4/c1-12(16(21)19-20-17(22)15-6-5-11-23-15)24-14-9-7-13(8-10-14)18(2,3)4/h5-12H,1-4H3,(H,19,21)(H,20,22). The predicted molar refractivity (Wildman–Crippen MR) is 89.5 cm³/mol. The van der Waals surface area contributed by atoms with Gasteiger partial charge in [0.05, 0.1) is 6.26 Å². The van der Waals surface area contributed by atoms with Crippen molar-refractivity contribution in [2.45, 2.75) is 39.2 Å². The zero-order valence-corrected chi connectivity index (χ0v) is 14.3. The Balaban J connectivity index is 1.86. The van der Waals surface area contributed by atoms with Crippen molar-refractivity contribution in [1.29, 1.82) is 0 Å². The molecule has 0 aliphatic rings. The van der Waals surface area contributed by atoms with Gasteiger partial charge in [0, 0.05) is 0 Å². The van der Waals surface area contributed by atoms with Crippen LogP contribution in [0.2, 0.25) is 0 Å². The topological polar surface area (TPSA) is 80.6 Å². The fourth-order valence-corrected chi connectivity index (χ4v) is 1.98. The first-order valence-electron chi connectivity index (χ1n) is 7.68. The molecule has 0 radical (unpaired) electrons. The lowest BCUT2D eigenvalue weighted by Crippen LogP contribution is -2.47. The van der Waals surface area contributed by atoms with Gasteiger partial charge in [0.2, 0.25) is 0 Å². The minimum absolute atomic E-state index is 0.0532. The van der Waals surface area contributed by atoms with Crippen LogP contribution in [0.4, 0.5) is 0 Å². The van der Waals surface area contributed by atoms with Crippen LogP contribution in [0, 0.1) is 0 Å². The summed E-state index contributed by atoms with van der Waals surface area (Å²) in [6.07, 6.45) is 0.617. The first kappa shape index (κ1) is 17.6. The number of hydrogen-bond donors (Lipinski definition) is 2. The SMILES string of the molecule is CC(Oc1ccc(C(C)(C)C)cc1)C(=O)NNC(=O)c1ccco1. The summed E-state index contributed by atoms with van der Waals surface area (Å²) in [5, 5.41) is 0. The highest BCUT2D eigenvalue weighted by molar-refractivity contribution is 5.93. The van der Waals surface area contributed by atoms with Gasteiger partial charge in [-0.05, 0) is 42.2 Å². The first-order chi connectivity index (χ1) is 11.3. The maximum absolute atomic E-state index is 12.0. The van der Waals surface area contributed by atoms with Gasteiger partial charge in [0.25, 0.3) is 5.91 Å². The maximum atomic E-state index is 12.0. The molecule has 2 aromatic rings. The van der Waals surface area contributed by atoms with Crippen molar-refractivity contribution < 1.29 is 18.7 Å². The zero-order chi connectivity index (χ0) is 17.7. The summed E-state index contributed by atoms with van der Waals surface area (Å²) in [5.41, 5.74) is 5.80. The lowest BCUT2D eigenvalue weighted by atomic mass is 9.87. The number of amides is 2. The van der Waals surface area contributed by atoms with E-state index >= 15 is 0 Å². The van der Waals surface area contributed by atoms with Gasteiger partial charge in [-0.2, -0.15) is 0 Å². The molecule has 6 heteroatoms. The molecule has 0 fully saturated rings. The fraction of sp³-hybridized carbons (Fsp3) is 0.333. The summed E-state index contributed by atoms with van der Waals surface area (Å²) in [5.74, 6) is -0.297. The Morgan fingerprint density at radius 1 is 1.08 bits per heavy atom. The number of carbonyl (C=O) groups is 2. The fourth-order valence-electron chi connectivity index (χ4n) is 1.98. The van der Waals surface area contributed by atoms with E-state index < -0.39 is 17.9 Å². The molecule has 6 nitrogen and oxygen atoms in total. The Labute approximate surface area is 141 Å². The Hall–Kier alpha value is -2.76. The third kappa shape index (κ3) is 4.62. The van der Waals surface area contributed by atoms with Crippen LogP contribution in [0.25, 0.3) is 0 Å². The van der Waals surface area contributed by atoms with Crippen LogP contribution < -0.4 is 15.6 Å². The van der Waals surface area contributed by atoms with E-state index in [0.29, 0.717) is 5.75 Å². The van der Waals surface area contributed by atoms with Gasteiger partial charge in [0.15, 0.2) is 11.9 Å². The molecule has 128 valence electrons. The van der Waals surface area contributed by atoms with Crippen molar-refractivity contribution >= 4 is 11.8 Å². The minimum atomic E-state index is -0.762. The smallest absolute Gasteiger partial charge is 0.305 e. The van der Waals surface area contributed by atoms with Gasteiger partial charge < -0.3 is 9.15 Å². The van der Waals surface area contributed by atoms with Crippen molar-refractivity contribution in [3.63, 3.8) is 0 Å². The minimum Gasteiger partial charge on any atom is -0.481 e. The molecule has 0 bridgehead atoms. The van der Waals surface area contributed by atoms with E-state index in [1.54, 1.807) is 13.0 Å². The van der Waals surface area contributed by atoms with Crippen molar-refractivity contribution in [2.24, 2.45) is 0 Å². The Bertz CT molecular complexity index is 685. The van der Waals surface area contributed by atoms with Gasteiger partial charge in [-0.3, -0.25) is 20.4 Å². The van der Waals surface area contributed by atoms with Crippen molar-refractivity contribution in [3.8, 4) is 5.75 Å². The van der Waals surface area contributed by atoms with Gasteiger partial charge >= 0.3 is 5.91 Å². The molecule has 2 N–H and O–H groups in total. The van der Waals surface area contributed by atoms with Crippen LogP contribution in [0.3, 0.4) is 0 Å². The predicted octanol–water partition coefficient (Wildman–Crippen LogP) is 2.81. The van der Waals surface area contributed by atoms with E-state index in [2.05, 4.69) is 31.6 Å². The molecule has 1 aromatic heterocycles. The number of benzene rings is 1. The van der Waals surface area contributed by atoms with Crippen LogP contribution in [0.5, 0.6) is 5.75 Å². The van der Waals surface area contributed by atoms with E-state index in [4.69, 9.17) is 9.15 Å². The molecule has 0 saturated carbocycles. The largest absolute Gasteiger partial charge is 0.481 e. The number of nitrogens with one attached hydrogen (secondary N) is 2. The molecular formula is C18H22N2O4. The summed E-state index contributed by atoms with van der Waals surface area (Å²) >= 11 is 0. The van der Waals surface area contributed by atoms with Crippen LogP contribution in [-0.4, -0.2) is 17.9 Å². The normalized spacial score (nSPS) is 12.3. The van der Waals surface area contributed by atoms with E-state index in [1.807, 2.05) is 24.3 Å². The summed E-state index contributed by atoms with van der Waals surface area (Å²) in [6.45, 7) is 7.98. The van der Waals surface area contributed by atoms with Crippen molar-refractivity contribution in [2.75, 3.05) is 0 Å². The number of ether oxygens (including phenoxy) is 1. The first-order valence-corrected chi connectivity index (χ1v) is 7.68. The second kappa shape index (κ2) is 7.21. The number of furan rings is 1. The molecular weight excluding hydrogens is 308 g/mol. The quantitative estimate of drug-likeness (QED) is 0.845. The highest BCUT2D eigenvalue weighted by Gasteiger charge is 2.18. The molecule has 0 spiro atoms.